The fourth-order valence-electron chi connectivity index (χ4n) is 3.16. The van der Waals surface area contributed by atoms with Gasteiger partial charge in [-0.25, -0.2) is 4.98 Å². The minimum atomic E-state index is 0.154. The highest BCUT2D eigenvalue weighted by Gasteiger charge is 2.25. The minimum Gasteiger partial charge on any atom is -0.341 e. The molecule has 0 aliphatic carbocycles. The number of hydrogen-bond acceptors (Lipinski definition) is 5. The van der Waals surface area contributed by atoms with Crippen LogP contribution < -0.4 is 0 Å². The third kappa shape index (κ3) is 3.66. The first kappa shape index (κ1) is 16.7. The van der Waals surface area contributed by atoms with Crippen LogP contribution in [0.3, 0.4) is 0 Å². The van der Waals surface area contributed by atoms with Gasteiger partial charge in [0.1, 0.15) is 5.82 Å². The number of carbonyl (C=O) groups is 1. The summed E-state index contributed by atoms with van der Waals surface area (Å²) in [6.07, 6.45) is 6.84. The zero-order chi connectivity index (χ0) is 17.1. The second kappa shape index (κ2) is 7.15. The standard InChI is InChI=1S/C17H25N5O2/c1-12(2)17-19-15(24-20-17)6-7-16(23)21-9-4-5-14(11-21)22-10-8-18-13(22)3/h8,10,12,14H,4-7,9,11H2,1-3H3/t14-/m0/s1. The second-order valence-corrected chi connectivity index (χ2v) is 6.72. The topological polar surface area (TPSA) is 77.1 Å². The van der Waals surface area contributed by atoms with Crippen molar-refractivity contribution in [1.82, 2.24) is 24.6 Å². The smallest absolute Gasteiger partial charge is 0.227 e. The third-order valence-electron chi connectivity index (χ3n) is 4.56. The van der Waals surface area contributed by atoms with E-state index >= 15 is 0 Å². The molecule has 2 aromatic heterocycles. The fourth-order valence-corrected chi connectivity index (χ4v) is 3.16. The number of likely N-dealkylation sites (tertiary alicyclic amines) is 1. The van der Waals surface area contributed by atoms with E-state index in [0.717, 1.165) is 31.8 Å². The summed E-state index contributed by atoms with van der Waals surface area (Å²) in [7, 11) is 0. The molecule has 0 aromatic carbocycles. The number of imidazole rings is 1. The van der Waals surface area contributed by atoms with Gasteiger partial charge in [0.2, 0.25) is 11.8 Å². The Kier molecular flexibility index (Phi) is 4.97. The highest BCUT2D eigenvalue weighted by molar-refractivity contribution is 5.76. The Morgan fingerprint density at radius 3 is 2.96 bits per heavy atom. The summed E-state index contributed by atoms with van der Waals surface area (Å²) in [5.74, 6) is 2.64. The second-order valence-electron chi connectivity index (χ2n) is 6.72. The lowest BCUT2D eigenvalue weighted by Gasteiger charge is -2.34. The summed E-state index contributed by atoms with van der Waals surface area (Å²) < 4.78 is 7.39. The molecule has 0 N–H and O–H groups in total. The van der Waals surface area contributed by atoms with Crippen molar-refractivity contribution in [3.63, 3.8) is 0 Å². The van der Waals surface area contributed by atoms with Crippen molar-refractivity contribution in [2.75, 3.05) is 13.1 Å². The molecular weight excluding hydrogens is 306 g/mol. The van der Waals surface area contributed by atoms with Crippen LogP contribution in [0.15, 0.2) is 16.9 Å². The summed E-state index contributed by atoms with van der Waals surface area (Å²) in [4.78, 5) is 23.1. The van der Waals surface area contributed by atoms with Crippen molar-refractivity contribution in [2.45, 2.75) is 58.4 Å². The molecule has 7 nitrogen and oxygen atoms in total. The maximum absolute atomic E-state index is 12.5. The molecule has 1 amide bonds. The molecule has 7 heteroatoms. The molecule has 1 aliphatic heterocycles. The van der Waals surface area contributed by atoms with Gasteiger partial charge >= 0.3 is 0 Å². The molecule has 0 bridgehead atoms. The largest absolute Gasteiger partial charge is 0.341 e. The SMILES string of the molecule is Cc1nccn1[C@H]1CCCN(C(=O)CCc2nc(C(C)C)no2)C1. The highest BCUT2D eigenvalue weighted by atomic mass is 16.5. The minimum absolute atomic E-state index is 0.154. The number of carbonyl (C=O) groups excluding carboxylic acids is 1. The molecule has 1 aliphatic rings. The maximum Gasteiger partial charge on any atom is 0.227 e. The van der Waals surface area contributed by atoms with Crippen molar-refractivity contribution in [1.29, 1.82) is 0 Å². The molecule has 0 spiro atoms. The molecule has 0 radical (unpaired) electrons. The molecule has 3 heterocycles. The summed E-state index contributed by atoms with van der Waals surface area (Å²) >= 11 is 0. The third-order valence-corrected chi connectivity index (χ3v) is 4.56. The van der Waals surface area contributed by atoms with E-state index in [9.17, 15) is 4.79 Å². The van der Waals surface area contributed by atoms with Gasteiger partial charge in [-0.1, -0.05) is 19.0 Å². The van der Waals surface area contributed by atoms with Crippen molar-refractivity contribution >= 4 is 5.91 Å². The van der Waals surface area contributed by atoms with E-state index < -0.39 is 0 Å². The quantitative estimate of drug-likeness (QED) is 0.841. The Balaban J connectivity index is 1.55. The van der Waals surface area contributed by atoms with E-state index in [2.05, 4.69) is 19.7 Å². The Morgan fingerprint density at radius 1 is 1.46 bits per heavy atom. The summed E-state index contributed by atoms with van der Waals surface area (Å²) in [5, 5.41) is 3.94. The average molecular weight is 331 g/mol. The van der Waals surface area contributed by atoms with Crippen LogP contribution in [0.25, 0.3) is 0 Å². The number of rotatable bonds is 5. The lowest BCUT2D eigenvalue weighted by Crippen LogP contribution is -2.40. The first-order valence-electron chi connectivity index (χ1n) is 8.64. The lowest BCUT2D eigenvalue weighted by atomic mass is 10.0. The number of aromatic nitrogens is 4. The van der Waals surface area contributed by atoms with E-state index in [-0.39, 0.29) is 11.8 Å². The fraction of sp³-hybridized carbons (Fsp3) is 0.647. The number of amides is 1. The zero-order valence-corrected chi connectivity index (χ0v) is 14.6. The van der Waals surface area contributed by atoms with Gasteiger partial charge in [0, 0.05) is 44.2 Å². The molecular formula is C17H25N5O2. The monoisotopic (exact) mass is 331 g/mol. The Hall–Kier alpha value is -2.18. The number of piperidine rings is 1. The van der Waals surface area contributed by atoms with Crippen LogP contribution in [-0.4, -0.2) is 43.6 Å². The maximum atomic E-state index is 12.5. The molecule has 1 fully saturated rings. The Labute approximate surface area is 142 Å². The zero-order valence-electron chi connectivity index (χ0n) is 14.6. The molecule has 2 aromatic rings. The number of aryl methyl sites for hydroxylation is 2. The van der Waals surface area contributed by atoms with Gasteiger partial charge in [0.25, 0.3) is 0 Å². The number of hydrogen-bond donors (Lipinski definition) is 0. The highest BCUT2D eigenvalue weighted by Crippen LogP contribution is 2.23. The van der Waals surface area contributed by atoms with Crippen LogP contribution in [0.4, 0.5) is 0 Å². The van der Waals surface area contributed by atoms with Gasteiger partial charge in [-0.2, -0.15) is 4.98 Å². The number of nitrogens with zero attached hydrogens (tertiary/aromatic N) is 5. The van der Waals surface area contributed by atoms with Crippen LogP contribution in [0.2, 0.25) is 0 Å². The predicted molar refractivity (Wildman–Crippen MR) is 88.5 cm³/mol. The van der Waals surface area contributed by atoms with Gasteiger partial charge in [-0.05, 0) is 19.8 Å². The lowest BCUT2D eigenvalue weighted by molar-refractivity contribution is -0.132. The molecule has 1 atom stereocenters. The van der Waals surface area contributed by atoms with Gasteiger partial charge < -0.3 is 14.0 Å². The van der Waals surface area contributed by atoms with Gasteiger partial charge in [-0.3, -0.25) is 4.79 Å². The van der Waals surface area contributed by atoms with Crippen molar-refractivity contribution < 1.29 is 9.32 Å². The molecule has 3 rings (SSSR count). The van der Waals surface area contributed by atoms with E-state index in [1.807, 2.05) is 38.1 Å². The Bertz CT molecular complexity index is 691. The summed E-state index contributed by atoms with van der Waals surface area (Å²) in [6, 6.07) is 0.321. The van der Waals surface area contributed by atoms with Crippen molar-refractivity contribution in [3.8, 4) is 0 Å². The summed E-state index contributed by atoms with van der Waals surface area (Å²) in [6.45, 7) is 7.61. The van der Waals surface area contributed by atoms with Gasteiger partial charge in [-0.15, -0.1) is 0 Å². The molecule has 130 valence electrons. The van der Waals surface area contributed by atoms with E-state index in [4.69, 9.17) is 4.52 Å². The van der Waals surface area contributed by atoms with E-state index in [0.29, 0.717) is 30.6 Å². The predicted octanol–water partition coefficient (Wildman–Crippen LogP) is 2.49. The average Bonchev–Trinajstić information content (AvgIpc) is 3.21. The molecule has 0 unspecified atom stereocenters. The van der Waals surface area contributed by atoms with E-state index in [1.54, 1.807) is 0 Å². The Morgan fingerprint density at radius 2 is 2.29 bits per heavy atom. The molecule has 0 saturated carbocycles. The molecule has 24 heavy (non-hydrogen) atoms. The van der Waals surface area contributed by atoms with Crippen LogP contribution in [0.1, 0.15) is 62.6 Å². The van der Waals surface area contributed by atoms with Gasteiger partial charge in [0.05, 0.1) is 6.04 Å². The summed E-state index contributed by atoms with van der Waals surface area (Å²) in [5.41, 5.74) is 0. The van der Waals surface area contributed by atoms with E-state index in [1.165, 1.54) is 0 Å². The van der Waals surface area contributed by atoms with Crippen LogP contribution in [0.5, 0.6) is 0 Å². The van der Waals surface area contributed by atoms with Crippen LogP contribution >= 0.6 is 0 Å². The van der Waals surface area contributed by atoms with Crippen LogP contribution in [0, 0.1) is 6.92 Å². The normalized spacial score (nSPS) is 18.3. The van der Waals surface area contributed by atoms with Crippen molar-refractivity contribution in [3.05, 3.63) is 29.9 Å². The van der Waals surface area contributed by atoms with Crippen molar-refractivity contribution in [2.24, 2.45) is 0 Å². The van der Waals surface area contributed by atoms with Gasteiger partial charge in [0.15, 0.2) is 5.82 Å². The first-order chi connectivity index (χ1) is 11.5. The van der Waals surface area contributed by atoms with Crippen LogP contribution in [-0.2, 0) is 11.2 Å². The molecule has 1 saturated heterocycles. The first-order valence-corrected chi connectivity index (χ1v) is 8.64.